The Kier molecular flexibility index (Phi) is 3.60. The van der Waals surface area contributed by atoms with Crippen molar-refractivity contribution in [2.45, 2.75) is 23.2 Å². The molecule has 0 amide bonds. The first kappa shape index (κ1) is 13.7. The first-order chi connectivity index (χ1) is 8.32. The van der Waals surface area contributed by atoms with E-state index in [9.17, 15) is 18.3 Å². The number of thiazole rings is 1. The lowest BCUT2D eigenvalue weighted by Crippen LogP contribution is -2.43. The summed E-state index contributed by atoms with van der Waals surface area (Å²) in [7, 11) is -3.77. The molecule has 7 nitrogen and oxygen atoms in total. The standard InChI is InChI=1S/C9H14N2O5S2/c1-6-7(17-8(12)11-6)18(14,15)10-4-9(13)2-3-16-5-9/h10,13H,2-5H2,1H3,(H,11,12). The number of hydrogen-bond acceptors (Lipinski definition) is 6. The first-order valence-electron chi connectivity index (χ1n) is 5.32. The van der Waals surface area contributed by atoms with E-state index in [4.69, 9.17) is 4.74 Å². The second-order valence-electron chi connectivity index (χ2n) is 4.28. The SMILES string of the molecule is Cc1[nH]c(=O)sc1S(=O)(=O)NCC1(O)CCOC1. The highest BCUT2D eigenvalue weighted by Gasteiger charge is 2.34. The summed E-state index contributed by atoms with van der Waals surface area (Å²) in [6, 6.07) is 0. The first-order valence-corrected chi connectivity index (χ1v) is 7.62. The van der Waals surface area contributed by atoms with Crippen LogP contribution in [-0.4, -0.2) is 43.9 Å². The molecule has 1 aliphatic heterocycles. The summed E-state index contributed by atoms with van der Waals surface area (Å²) in [5, 5.41) is 9.96. The van der Waals surface area contributed by atoms with E-state index in [0.717, 1.165) is 0 Å². The third-order valence-corrected chi connectivity index (χ3v) is 5.70. The molecule has 1 atom stereocenters. The van der Waals surface area contributed by atoms with Crippen molar-refractivity contribution in [1.82, 2.24) is 9.71 Å². The highest BCUT2D eigenvalue weighted by Crippen LogP contribution is 2.20. The van der Waals surface area contributed by atoms with Crippen LogP contribution in [0.15, 0.2) is 9.00 Å². The van der Waals surface area contributed by atoms with Gasteiger partial charge in [0.15, 0.2) is 4.21 Å². The van der Waals surface area contributed by atoms with Crippen molar-refractivity contribution in [1.29, 1.82) is 0 Å². The molecule has 2 rings (SSSR count). The molecule has 9 heteroatoms. The van der Waals surface area contributed by atoms with Gasteiger partial charge in [-0.15, -0.1) is 0 Å². The zero-order valence-electron chi connectivity index (χ0n) is 9.73. The van der Waals surface area contributed by atoms with Crippen LogP contribution in [0.4, 0.5) is 0 Å². The Morgan fingerprint density at radius 1 is 1.61 bits per heavy atom. The number of sulfonamides is 1. The molecule has 0 saturated carbocycles. The molecule has 1 aromatic rings. The van der Waals surface area contributed by atoms with Crippen molar-refractivity contribution in [2.75, 3.05) is 19.8 Å². The van der Waals surface area contributed by atoms with E-state index in [1.54, 1.807) is 0 Å². The summed E-state index contributed by atoms with van der Waals surface area (Å²) >= 11 is 0.628. The molecule has 0 bridgehead atoms. The van der Waals surface area contributed by atoms with Crippen LogP contribution in [0.2, 0.25) is 0 Å². The Labute approximate surface area is 108 Å². The largest absolute Gasteiger partial charge is 0.386 e. The summed E-state index contributed by atoms with van der Waals surface area (Å²) in [6.07, 6.45) is 0.387. The van der Waals surface area contributed by atoms with Crippen molar-refractivity contribution in [3.63, 3.8) is 0 Å². The number of aryl methyl sites for hydroxylation is 1. The van der Waals surface area contributed by atoms with Crippen LogP contribution in [0.25, 0.3) is 0 Å². The molecule has 1 unspecified atom stereocenters. The van der Waals surface area contributed by atoms with Crippen molar-refractivity contribution in [2.24, 2.45) is 0 Å². The number of nitrogens with one attached hydrogen (secondary N) is 2. The Bertz CT molecular complexity index is 582. The summed E-state index contributed by atoms with van der Waals surface area (Å²) in [5.41, 5.74) is -0.866. The number of ether oxygens (including phenoxy) is 1. The maximum absolute atomic E-state index is 12.0. The van der Waals surface area contributed by atoms with Crippen LogP contribution in [0.3, 0.4) is 0 Å². The zero-order valence-corrected chi connectivity index (χ0v) is 11.4. The van der Waals surface area contributed by atoms with Gasteiger partial charge >= 0.3 is 4.87 Å². The van der Waals surface area contributed by atoms with Crippen LogP contribution >= 0.6 is 11.3 Å². The minimum Gasteiger partial charge on any atom is -0.386 e. The molecule has 1 saturated heterocycles. The van der Waals surface area contributed by atoms with Gasteiger partial charge in [-0.3, -0.25) is 4.79 Å². The van der Waals surface area contributed by atoms with Gasteiger partial charge in [-0.1, -0.05) is 11.3 Å². The van der Waals surface area contributed by atoms with Gasteiger partial charge in [0.2, 0.25) is 0 Å². The summed E-state index contributed by atoms with van der Waals surface area (Å²) < 4.78 is 31.2. The third-order valence-electron chi connectivity index (χ3n) is 2.70. The fourth-order valence-corrected chi connectivity index (χ4v) is 4.14. The maximum atomic E-state index is 12.0. The van der Waals surface area contributed by atoms with Gasteiger partial charge in [-0.25, -0.2) is 13.1 Å². The van der Waals surface area contributed by atoms with E-state index in [1.807, 2.05) is 0 Å². The molecule has 102 valence electrons. The van der Waals surface area contributed by atoms with Crippen molar-refractivity contribution >= 4 is 21.4 Å². The monoisotopic (exact) mass is 294 g/mol. The van der Waals surface area contributed by atoms with Crippen molar-refractivity contribution < 1.29 is 18.3 Å². The predicted molar refractivity (Wildman–Crippen MR) is 65.3 cm³/mol. The fourth-order valence-electron chi connectivity index (χ4n) is 1.68. The maximum Gasteiger partial charge on any atom is 0.305 e. The topological polar surface area (TPSA) is 108 Å². The average molecular weight is 294 g/mol. The van der Waals surface area contributed by atoms with E-state index >= 15 is 0 Å². The molecule has 3 N–H and O–H groups in total. The zero-order chi connectivity index (χ0) is 13.4. The Morgan fingerprint density at radius 2 is 2.33 bits per heavy atom. The lowest BCUT2D eigenvalue weighted by molar-refractivity contribution is 0.0315. The van der Waals surface area contributed by atoms with Gasteiger partial charge in [0.05, 0.1) is 6.61 Å². The van der Waals surface area contributed by atoms with Crippen LogP contribution < -0.4 is 9.60 Å². The highest BCUT2D eigenvalue weighted by molar-refractivity contribution is 7.91. The normalized spacial score (nSPS) is 24.6. The molecule has 0 aliphatic carbocycles. The summed E-state index contributed by atoms with van der Waals surface area (Å²) in [5.74, 6) is 0. The minimum atomic E-state index is -3.77. The predicted octanol–water partition coefficient (Wildman–Crippen LogP) is -0.825. The quantitative estimate of drug-likeness (QED) is 0.672. The van der Waals surface area contributed by atoms with Gasteiger partial charge in [0.1, 0.15) is 5.60 Å². The average Bonchev–Trinajstić information content (AvgIpc) is 2.84. The lowest BCUT2D eigenvalue weighted by atomic mass is 10.1. The van der Waals surface area contributed by atoms with Crippen LogP contribution in [0.1, 0.15) is 12.1 Å². The number of aliphatic hydroxyl groups is 1. The molecular formula is C9H14N2O5S2. The fraction of sp³-hybridized carbons (Fsp3) is 0.667. The number of aromatic nitrogens is 1. The van der Waals surface area contributed by atoms with E-state index in [1.165, 1.54) is 6.92 Å². The molecular weight excluding hydrogens is 280 g/mol. The van der Waals surface area contributed by atoms with E-state index in [-0.39, 0.29) is 17.4 Å². The highest BCUT2D eigenvalue weighted by atomic mass is 32.2. The van der Waals surface area contributed by atoms with Gasteiger partial charge in [0, 0.05) is 25.3 Å². The lowest BCUT2D eigenvalue weighted by Gasteiger charge is -2.20. The van der Waals surface area contributed by atoms with Gasteiger partial charge in [-0.2, -0.15) is 0 Å². The second-order valence-corrected chi connectivity index (χ2v) is 7.22. The summed E-state index contributed by atoms with van der Waals surface area (Å²) in [6.45, 7) is 1.91. The van der Waals surface area contributed by atoms with Crippen LogP contribution in [0, 0.1) is 6.92 Å². The Morgan fingerprint density at radius 3 is 2.83 bits per heavy atom. The van der Waals surface area contributed by atoms with Gasteiger partial charge in [0.25, 0.3) is 10.0 Å². The van der Waals surface area contributed by atoms with E-state index in [2.05, 4.69) is 9.71 Å². The number of aromatic amines is 1. The summed E-state index contributed by atoms with van der Waals surface area (Å²) in [4.78, 5) is 13.1. The minimum absolute atomic E-state index is 0.0463. The molecule has 1 aromatic heterocycles. The molecule has 0 radical (unpaired) electrons. The molecule has 2 heterocycles. The smallest absolute Gasteiger partial charge is 0.305 e. The number of rotatable bonds is 4. The molecule has 0 spiro atoms. The van der Waals surface area contributed by atoms with E-state index in [0.29, 0.717) is 30.1 Å². The van der Waals surface area contributed by atoms with Crippen molar-refractivity contribution in [3.05, 3.63) is 15.4 Å². The van der Waals surface area contributed by atoms with Gasteiger partial charge in [-0.05, 0) is 6.92 Å². The Hall–Kier alpha value is -0.740. The van der Waals surface area contributed by atoms with E-state index < -0.39 is 20.5 Å². The number of hydrogen-bond donors (Lipinski definition) is 3. The number of H-pyrrole nitrogens is 1. The van der Waals surface area contributed by atoms with Gasteiger partial charge < -0.3 is 14.8 Å². The van der Waals surface area contributed by atoms with Crippen molar-refractivity contribution in [3.8, 4) is 0 Å². The van der Waals surface area contributed by atoms with Crippen LogP contribution in [0.5, 0.6) is 0 Å². The third kappa shape index (κ3) is 2.81. The molecule has 1 fully saturated rings. The van der Waals surface area contributed by atoms with Crippen LogP contribution in [-0.2, 0) is 14.8 Å². The molecule has 18 heavy (non-hydrogen) atoms. The molecule has 0 aromatic carbocycles. The second kappa shape index (κ2) is 4.74. The molecule has 1 aliphatic rings. The Balaban J connectivity index is 2.13.